The molecule has 0 heterocycles. The lowest BCUT2D eigenvalue weighted by atomic mass is 10.1. The molecule has 0 N–H and O–H groups in total. The Labute approximate surface area is 398 Å². The summed E-state index contributed by atoms with van der Waals surface area (Å²) in [7, 11) is 0. The van der Waals surface area contributed by atoms with E-state index in [-0.39, 0.29) is 37.5 Å². The van der Waals surface area contributed by atoms with Crippen LogP contribution in [0.4, 0.5) is 0 Å². The smallest absolute Gasteiger partial charge is 0.306 e. The summed E-state index contributed by atoms with van der Waals surface area (Å²) in [6.45, 7) is 6.25. The quantitative estimate of drug-likeness (QED) is 0.0262. The van der Waals surface area contributed by atoms with E-state index in [2.05, 4.69) is 154 Å². The first-order valence-corrected chi connectivity index (χ1v) is 25.7. The predicted molar refractivity (Wildman–Crippen MR) is 279 cm³/mol. The highest BCUT2D eigenvalue weighted by Crippen LogP contribution is 2.11. The van der Waals surface area contributed by atoms with Gasteiger partial charge in [-0.1, -0.05) is 199 Å². The molecule has 0 rings (SSSR count). The Morgan fingerprint density at radius 1 is 0.323 bits per heavy atom. The van der Waals surface area contributed by atoms with Crippen LogP contribution in [-0.2, 0) is 28.6 Å². The van der Waals surface area contributed by atoms with Gasteiger partial charge in [-0.15, -0.1) is 0 Å². The average molecular weight is 897 g/mol. The molecule has 0 saturated heterocycles. The van der Waals surface area contributed by atoms with Crippen LogP contribution >= 0.6 is 0 Å². The Morgan fingerprint density at radius 2 is 0.600 bits per heavy atom. The summed E-state index contributed by atoms with van der Waals surface area (Å²) in [6.07, 6.45) is 73.3. The van der Waals surface area contributed by atoms with Gasteiger partial charge in [-0.25, -0.2) is 0 Å². The van der Waals surface area contributed by atoms with E-state index in [1.807, 2.05) is 0 Å². The van der Waals surface area contributed by atoms with Gasteiger partial charge in [-0.2, -0.15) is 0 Å². The zero-order chi connectivity index (χ0) is 47.2. The molecule has 0 saturated carbocycles. The fourth-order valence-corrected chi connectivity index (χ4v) is 6.35. The second-order valence-electron chi connectivity index (χ2n) is 16.3. The Balaban J connectivity index is 4.31. The second kappa shape index (κ2) is 52.2. The summed E-state index contributed by atoms with van der Waals surface area (Å²) < 4.78 is 16.6. The van der Waals surface area contributed by atoms with Crippen molar-refractivity contribution in [2.75, 3.05) is 13.2 Å². The van der Waals surface area contributed by atoms with Crippen LogP contribution in [0.1, 0.15) is 201 Å². The Hall–Kier alpha value is -4.45. The van der Waals surface area contributed by atoms with E-state index in [0.717, 1.165) is 154 Å². The molecule has 6 heteroatoms. The number of carbonyl (C=O) groups excluding carboxylic acids is 3. The molecule has 0 aromatic heterocycles. The molecule has 0 aliphatic heterocycles. The van der Waals surface area contributed by atoms with Gasteiger partial charge in [0.25, 0.3) is 0 Å². The van der Waals surface area contributed by atoms with Gasteiger partial charge in [-0.05, 0) is 116 Å². The molecule has 0 aliphatic carbocycles. The minimum atomic E-state index is -0.807. The van der Waals surface area contributed by atoms with Crippen molar-refractivity contribution in [3.8, 4) is 0 Å². The van der Waals surface area contributed by atoms with Crippen LogP contribution in [-0.4, -0.2) is 37.2 Å². The summed E-state index contributed by atoms with van der Waals surface area (Å²) >= 11 is 0. The summed E-state index contributed by atoms with van der Waals surface area (Å²) in [5.41, 5.74) is 0. The summed E-state index contributed by atoms with van der Waals surface area (Å²) in [4.78, 5) is 37.7. The second-order valence-corrected chi connectivity index (χ2v) is 16.3. The van der Waals surface area contributed by atoms with Crippen molar-refractivity contribution in [1.29, 1.82) is 0 Å². The molecule has 0 aromatic rings. The highest BCUT2D eigenvalue weighted by molar-refractivity contribution is 5.71. The van der Waals surface area contributed by atoms with Crippen molar-refractivity contribution in [2.24, 2.45) is 0 Å². The van der Waals surface area contributed by atoms with E-state index in [1.165, 1.54) is 0 Å². The number of carbonyl (C=O) groups is 3. The molecule has 0 aromatic carbocycles. The fourth-order valence-electron chi connectivity index (χ4n) is 6.35. The minimum Gasteiger partial charge on any atom is -0.462 e. The molecular formula is C59H92O6. The molecule has 0 spiro atoms. The Kier molecular flexibility index (Phi) is 48.6. The molecule has 1 unspecified atom stereocenters. The van der Waals surface area contributed by atoms with E-state index in [1.54, 1.807) is 0 Å². The van der Waals surface area contributed by atoms with Crippen LogP contribution in [0.25, 0.3) is 0 Å². The van der Waals surface area contributed by atoms with Crippen molar-refractivity contribution in [2.45, 2.75) is 207 Å². The maximum atomic E-state index is 12.7. The van der Waals surface area contributed by atoms with Gasteiger partial charge in [0.2, 0.25) is 0 Å². The van der Waals surface area contributed by atoms with Crippen molar-refractivity contribution in [3.63, 3.8) is 0 Å². The number of allylic oxidation sites excluding steroid dienone is 22. The van der Waals surface area contributed by atoms with Crippen molar-refractivity contribution in [3.05, 3.63) is 134 Å². The van der Waals surface area contributed by atoms with Gasteiger partial charge < -0.3 is 14.2 Å². The lowest BCUT2D eigenvalue weighted by Gasteiger charge is -2.18. The largest absolute Gasteiger partial charge is 0.462 e. The Bertz CT molecular complexity index is 1450. The number of rotatable bonds is 44. The Morgan fingerprint density at radius 3 is 0.938 bits per heavy atom. The van der Waals surface area contributed by atoms with Gasteiger partial charge >= 0.3 is 17.9 Å². The van der Waals surface area contributed by atoms with Crippen LogP contribution in [0, 0.1) is 0 Å². The van der Waals surface area contributed by atoms with E-state index < -0.39 is 6.10 Å². The molecule has 0 aliphatic rings. The van der Waals surface area contributed by atoms with Crippen LogP contribution in [0.3, 0.4) is 0 Å². The molecule has 364 valence electrons. The fraction of sp³-hybridized carbons (Fsp3) is 0.576. The summed E-state index contributed by atoms with van der Waals surface area (Å²) in [5.74, 6) is -0.989. The van der Waals surface area contributed by atoms with Crippen molar-refractivity contribution >= 4 is 17.9 Å². The van der Waals surface area contributed by atoms with Crippen LogP contribution in [0.5, 0.6) is 0 Å². The third-order valence-corrected chi connectivity index (χ3v) is 10.2. The molecule has 0 radical (unpaired) electrons. The molecule has 0 amide bonds. The summed E-state index contributed by atoms with van der Waals surface area (Å²) in [6, 6.07) is 0. The third kappa shape index (κ3) is 50.4. The minimum absolute atomic E-state index is 0.106. The van der Waals surface area contributed by atoms with E-state index in [4.69, 9.17) is 14.2 Å². The first kappa shape index (κ1) is 60.5. The highest BCUT2D eigenvalue weighted by atomic mass is 16.6. The molecule has 6 nitrogen and oxygen atoms in total. The van der Waals surface area contributed by atoms with E-state index in [0.29, 0.717) is 19.3 Å². The lowest BCUT2D eigenvalue weighted by Crippen LogP contribution is -2.30. The molecule has 0 fully saturated rings. The number of unbranched alkanes of at least 4 members (excludes halogenated alkanes) is 11. The first-order chi connectivity index (χ1) is 32.0. The van der Waals surface area contributed by atoms with Gasteiger partial charge in [0, 0.05) is 19.3 Å². The van der Waals surface area contributed by atoms with Crippen LogP contribution < -0.4 is 0 Å². The summed E-state index contributed by atoms with van der Waals surface area (Å²) in [5, 5.41) is 0. The van der Waals surface area contributed by atoms with Crippen molar-refractivity contribution < 1.29 is 28.6 Å². The lowest BCUT2D eigenvalue weighted by molar-refractivity contribution is -0.167. The molecule has 65 heavy (non-hydrogen) atoms. The van der Waals surface area contributed by atoms with E-state index >= 15 is 0 Å². The van der Waals surface area contributed by atoms with Crippen LogP contribution in [0.15, 0.2) is 134 Å². The van der Waals surface area contributed by atoms with Crippen LogP contribution in [0.2, 0.25) is 0 Å². The molecular weight excluding hydrogens is 805 g/mol. The maximum Gasteiger partial charge on any atom is 0.306 e. The number of esters is 3. The SMILES string of the molecule is CC/C=C\C/C=C\C/C=C\C/C=C\C/C=C\C/C=C\CCCCCCC(=O)OCC(COC(=O)CCCCCCC)OC(=O)CCCCC/C=C\C/C=C\C/C=C\C/C=C\C/C=C\CC. The average Bonchev–Trinajstić information content (AvgIpc) is 3.30. The maximum absolute atomic E-state index is 12.7. The molecule has 0 bridgehead atoms. The zero-order valence-electron chi connectivity index (χ0n) is 41.4. The topological polar surface area (TPSA) is 78.9 Å². The molecule has 1 atom stereocenters. The van der Waals surface area contributed by atoms with Crippen molar-refractivity contribution in [1.82, 2.24) is 0 Å². The van der Waals surface area contributed by atoms with Gasteiger partial charge in [0.1, 0.15) is 13.2 Å². The van der Waals surface area contributed by atoms with Gasteiger partial charge in [0.05, 0.1) is 0 Å². The zero-order valence-corrected chi connectivity index (χ0v) is 41.4. The van der Waals surface area contributed by atoms with E-state index in [9.17, 15) is 14.4 Å². The van der Waals surface area contributed by atoms with Gasteiger partial charge in [0.15, 0.2) is 6.10 Å². The monoisotopic (exact) mass is 897 g/mol. The third-order valence-electron chi connectivity index (χ3n) is 10.2. The normalized spacial score (nSPS) is 13.2. The number of hydrogen-bond acceptors (Lipinski definition) is 6. The number of hydrogen-bond donors (Lipinski definition) is 0. The first-order valence-electron chi connectivity index (χ1n) is 25.7. The predicted octanol–water partition coefficient (Wildman–Crippen LogP) is 17.1. The highest BCUT2D eigenvalue weighted by Gasteiger charge is 2.19. The standard InChI is InChI=1S/C59H92O6/c1-4-7-10-13-15-17-19-21-23-25-27-28-29-30-32-33-35-37-39-41-43-46-49-52-58(61)64-55-56(54-63-57(60)51-48-45-12-9-6-3)65-59(62)53-50-47-44-42-40-38-36-34-31-26-24-22-20-18-16-14-11-8-5-2/h7-8,10-11,15-18,21-24,27-28,30-32,34-35,37-38,40,56H,4-6,9,12-14,19-20,25-26,29,33,36,39,41-55H2,1-3H3/b10-7-,11-8-,17-15-,18-16-,23-21-,24-22-,28-27-,32-30-,34-31-,37-35-,40-38-. The van der Waals surface area contributed by atoms with Gasteiger partial charge in [-0.3, -0.25) is 14.4 Å². The number of ether oxygens (including phenoxy) is 3.